The molecule has 0 bridgehead atoms. The zero-order chi connectivity index (χ0) is 12.8. The van der Waals surface area contributed by atoms with Crippen molar-refractivity contribution in [2.75, 3.05) is 18.1 Å². The SMILES string of the molecule is CCCCCCOc1ccc(N2CCC2=O)cc1. The van der Waals surface area contributed by atoms with Crippen LogP contribution in [0.3, 0.4) is 0 Å². The molecular weight excluding hydrogens is 226 g/mol. The van der Waals surface area contributed by atoms with E-state index in [0.29, 0.717) is 6.42 Å². The van der Waals surface area contributed by atoms with E-state index in [1.54, 1.807) is 4.90 Å². The smallest absolute Gasteiger partial charge is 0.228 e. The van der Waals surface area contributed by atoms with Gasteiger partial charge in [-0.25, -0.2) is 0 Å². The van der Waals surface area contributed by atoms with Gasteiger partial charge in [0.05, 0.1) is 6.61 Å². The van der Waals surface area contributed by atoms with Gasteiger partial charge in [-0.1, -0.05) is 26.2 Å². The number of carbonyl (C=O) groups excluding carboxylic acids is 1. The highest BCUT2D eigenvalue weighted by Crippen LogP contribution is 2.24. The molecule has 0 unspecified atom stereocenters. The van der Waals surface area contributed by atoms with E-state index in [4.69, 9.17) is 4.74 Å². The Morgan fingerprint density at radius 3 is 2.50 bits per heavy atom. The van der Waals surface area contributed by atoms with Crippen molar-refractivity contribution >= 4 is 11.6 Å². The number of rotatable bonds is 7. The van der Waals surface area contributed by atoms with Crippen LogP contribution in [0.1, 0.15) is 39.0 Å². The third-order valence-corrected chi connectivity index (χ3v) is 3.27. The van der Waals surface area contributed by atoms with Crippen LogP contribution in [0.25, 0.3) is 0 Å². The maximum absolute atomic E-state index is 11.3. The maximum atomic E-state index is 11.3. The second kappa shape index (κ2) is 6.43. The molecule has 1 aromatic rings. The van der Waals surface area contributed by atoms with Crippen LogP contribution < -0.4 is 9.64 Å². The minimum Gasteiger partial charge on any atom is -0.494 e. The molecule has 0 spiro atoms. The van der Waals surface area contributed by atoms with Crippen molar-refractivity contribution in [1.82, 2.24) is 0 Å². The maximum Gasteiger partial charge on any atom is 0.228 e. The lowest BCUT2D eigenvalue weighted by Crippen LogP contribution is -2.43. The highest BCUT2D eigenvalue weighted by molar-refractivity contribution is 5.99. The van der Waals surface area contributed by atoms with Crippen LogP contribution in [-0.2, 0) is 4.79 Å². The molecule has 1 saturated heterocycles. The van der Waals surface area contributed by atoms with Gasteiger partial charge in [0, 0.05) is 18.7 Å². The number of anilines is 1. The number of unbranched alkanes of at least 4 members (excludes halogenated alkanes) is 3. The van der Waals surface area contributed by atoms with Crippen LogP contribution in [0.15, 0.2) is 24.3 Å². The van der Waals surface area contributed by atoms with Crippen molar-refractivity contribution in [2.45, 2.75) is 39.0 Å². The molecule has 1 amide bonds. The summed E-state index contributed by atoms with van der Waals surface area (Å²) in [5.74, 6) is 1.10. The molecule has 1 fully saturated rings. The number of nitrogens with zero attached hydrogens (tertiary/aromatic N) is 1. The Labute approximate surface area is 109 Å². The number of amides is 1. The van der Waals surface area contributed by atoms with Gasteiger partial charge in [0.2, 0.25) is 5.91 Å². The molecule has 0 aliphatic carbocycles. The lowest BCUT2D eigenvalue weighted by Gasteiger charge is -2.30. The van der Waals surface area contributed by atoms with Gasteiger partial charge in [0.25, 0.3) is 0 Å². The highest BCUT2D eigenvalue weighted by atomic mass is 16.5. The average Bonchev–Trinajstić information content (AvgIpc) is 2.39. The predicted octanol–water partition coefficient (Wildman–Crippen LogP) is 3.38. The summed E-state index contributed by atoms with van der Waals surface area (Å²) in [7, 11) is 0. The van der Waals surface area contributed by atoms with Crippen LogP contribution >= 0.6 is 0 Å². The number of ether oxygens (including phenoxy) is 1. The Balaban J connectivity index is 1.75. The Morgan fingerprint density at radius 2 is 1.94 bits per heavy atom. The first-order chi connectivity index (χ1) is 8.81. The fraction of sp³-hybridized carbons (Fsp3) is 0.533. The van der Waals surface area contributed by atoms with E-state index in [9.17, 15) is 4.79 Å². The quantitative estimate of drug-likeness (QED) is 0.546. The zero-order valence-electron chi connectivity index (χ0n) is 11.0. The number of hydrogen-bond donors (Lipinski definition) is 0. The minimum atomic E-state index is 0.211. The van der Waals surface area contributed by atoms with Gasteiger partial charge in [0.1, 0.15) is 5.75 Å². The van der Waals surface area contributed by atoms with Crippen LogP contribution in [0, 0.1) is 0 Å². The third-order valence-electron chi connectivity index (χ3n) is 3.27. The van der Waals surface area contributed by atoms with E-state index < -0.39 is 0 Å². The largest absolute Gasteiger partial charge is 0.494 e. The van der Waals surface area contributed by atoms with Gasteiger partial charge in [-0.3, -0.25) is 4.79 Å². The summed E-state index contributed by atoms with van der Waals surface area (Å²) in [4.78, 5) is 13.1. The van der Waals surface area contributed by atoms with Crippen LogP contribution in [0.5, 0.6) is 5.75 Å². The summed E-state index contributed by atoms with van der Waals surface area (Å²) in [5, 5.41) is 0. The van der Waals surface area contributed by atoms with Gasteiger partial charge in [-0.2, -0.15) is 0 Å². The summed E-state index contributed by atoms with van der Waals surface area (Å²) in [6.07, 6.45) is 5.55. The van der Waals surface area contributed by atoms with Crippen molar-refractivity contribution in [1.29, 1.82) is 0 Å². The summed E-state index contributed by atoms with van der Waals surface area (Å²) in [6.45, 7) is 3.83. The number of β-lactam (4-membered cyclic amide) rings is 1. The lowest BCUT2D eigenvalue weighted by molar-refractivity contribution is -0.122. The van der Waals surface area contributed by atoms with E-state index in [-0.39, 0.29) is 5.91 Å². The minimum absolute atomic E-state index is 0.211. The lowest BCUT2D eigenvalue weighted by atomic mass is 10.1. The van der Waals surface area contributed by atoms with Crippen LogP contribution in [-0.4, -0.2) is 19.1 Å². The molecule has 0 radical (unpaired) electrons. The van der Waals surface area contributed by atoms with E-state index >= 15 is 0 Å². The molecule has 0 aromatic heterocycles. The molecule has 0 saturated carbocycles. The van der Waals surface area contributed by atoms with Gasteiger partial charge in [-0.05, 0) is 30.7 Å². The van der Waals surface area contributed by atoms with Gasteiger partial charge < -0.3 is 9.64 Å². The van der Waals surface area contributed by atoms with Gasteiger partial charge >= 0.3 is 0 Å². The molecule has 3 nitrogen and oxygen atoms in total. The second-order valence-electron chi connectivity index (χ2n) is 4.70. The first kappa shape index (κ1) is 12.9. The molecule has 1 aromatic carbocycles. The van der Waals surface area contributed by atoms with Crippen molar-refractivity contribution < 1.29 is 9.53 Å². The van der Waals surface area contributed by atoms with E-state index in [1.165, 1.54) is 19.3 Å². The van der Waals surface area contributed by atoms with Crippen LogP contribution in [0.2, 0.25) is 0 Å². The number of benzene rings is 1. The molecule has 0 N–H and O–H groups in total. The Kier molecular flexibility index (Phi) is 4.62. The van der Waals surface area contributed by atoms with E-state index in [0.717, 1.165) is 31.0 Å². The molecule has 0 atom stereocenters. The van der Waals surface area contributed by atoms with E-state index in [2.05, 4.69) is 6.92 Å². The molecule has 3 heteroatoms. The molecular formula is C15H21NO2. The van der Waals surface area contributed by atoms with E-state index in [1.807, 2.05) is 24.3 Å². The molecule has 2 rings (SSSR count). The Morgan fingerprint density at radius 1 is 1.17 bits per heavy atom. The van der Waals surface area contributed by atoms with Gasteiger partial charge in [-0.15, -0.1) is 0 Å². The highest BCUT2D eigenvalue weighted by Gasteiger charge is 2.24. The predicted molar refractivity (Wildman–Crippen MR) is 73.0 cm³/mol. The monoisotopic (exact) mass is 247 g/mol. The molecule has 18 heavy (non-hydrogen) atoms. The topological polar surface area (TPSA) is 29.5 Å². The van der Waals surface area contributed by atoms with Crippen molar-refractivity contribution in [2.24, 2.45) is 0 Å². The van der Waals surface area contributed by atoms with Crippen LogP contribution in [0.4, 0.5) is 5.69 Å². The van der Waals surface area contributed by atoms with Crippen molar-refractivity contribution in [3.63, 3.8) is 0 Å². The molecule has 1 aliphatic heterocycles. The fourth-order valence-corrected chi connectivity index (χ4v) is 2.03. The first-order valence-corrected chi connectivity index (χ1v) is 6.84. The summed E-state index contributed by atoms with van der Waals surface area (Å²) in [6, 6.07) is 7.80. The van der Waals surface area contributed by atoms with Crippen molar-refractivity contribution in [3.8, 4) is 5.75 Å². The molecule has 1 aliphatic rings. The van der Waals surface area contributed by atoms with Crippen molar-refractivity contribution in [3.05, 3.63) is 24.3 Å². The summed E-state index contributed by atoms with van der Waals surface area (Å²) in [5.41, 5.74) is 0.976. The van der Waals surface area contributed by atoms with Gasteiger partial charge in [0.15, 0.2) is 0 Å². The Hall–Kier alpha value is -1.51. The second-order valence-corrected chi connectivity index (χ2v) is 4.70. The Bertz CT molecular complexity index is 386. The normalized spacial score (nSPS) is 14.5. The fourth-order valence-electron chi connectivity index (χ4n) is 2.03. The summed E-state index contributed by atoms with van der Waals surface area (Å²) < 4.78 is 5.66. The standard InChI is InChI=1S/C15H21NO2/c1-2-3-4-5-12-18-14-8-6-13(7-9-14)16-11-10-15(16)17/h6-9H,2-5,10-12H2,1H3. The third kappa shape index (κ3) is 3.25. The first-order valence-electron chi connectivity index (χ1n) is 6.84. The average molecular weight is 247 g/mol. The molecule has 1 heterocycles. The number of carbonyl (C=O) groups is 1. The number of hydrogen-bond acceptors (Lipinski definition) is 2. The summed E-state index contributed by atoms with van der Waals surface area (Å²) >= 11 is 0. The molecule has 98 valence electrons. The zero-order valence-corrected chi connectivity index (χ0v) is 11.0.